The van der Waals surface area contributed by atoms with Crippen molar-refractivity contribution in [2.75, 3.05) is 29.1 Å². The summed E-state index contributed by atoms with van der Waals surface area (Å²) in [5, 5.41) is 11.2. The molecule has 3 heterocycles. The highest BCUT2D eigenvalue weighted by Crippen LogP contribution is 2.36. The van der Waals surface area contributed by atoms with E-state index >= 15 is 0 Å². The van der Waals surface area contributed by atoms with Crippen molar-refractivity contribution >= 4 is 56.2 Å². The Labute approximate surface area is 229 Å². The van der Waals surface area contributed by atoms with Crippen molar-refractivity contribution in [2.45, 2.75) is 12.8 Å². The second-order valence-corrected chi connectivity index (χ2v) is 12.8. The number of rotatable bonds is 9. The molecule has 0 bridgehead atoms. The maximum atomic E-state index is 13.1. The molecule has 0 saturated carbocycles. The first kappa shape index (κ1) is 25.8. The molecular weight excluding hydrogens is 548 g/mol. The van der Waals surface area contributed by atoms with Crippen molar-refractivity contribution in [3.63, 3.8) is 0 Å². The second-order valence-electron chi connectivity index (χ2n) is 8.40. The Morgan fingerprint density at radius 1 is 1.14 bits per heavy atom. The Morgan fingerprint density at radius 3 is 2.68 bits per heavy atom. The molecule has 5 rings (SSSR count). The lowest BCUT2D eigenvalue weighted by molar-refractivity contribution is 0.413. The Kier molecular flexibility index (Phi) is 7.89. The summed E-state index contributed by atoms with van der Waals surface area (Å²) in [6.07, 6.45) is 3.55. The highest BCUT2D eigenvalue weighted by Gasteiger charge is 2.24. The molecule has 0 radical (unpaired) electrons. The molecule has 0 spiro atoms. The number of thioether (sulfide) groups is 1. The van der Waals surface area contributed by atoms with Gasteiger partial charge >= 0.3 is 0 Å². The number of hydrogen-bond donors (Lipinski definition) is 1. The van der Waals surface area contributed by atoms with Crippen molar-refractivity contribution < 1.29 is 13.2 Å². The first-order chi connectivity index (χ1) is 17.9. The third kappa shape index (κ3) is 6.04. The topological polar surface area (TPSA) is 86.1 Å². The third-order valence-electron chi connectivity index (χ3n) is 5.98. The Hall–Kier alpha value is -2.79. The highest BCUT2D eigenvalue weighted by molar-refractivity contribution is 7.99. The van der Waals surface area contributed by atoms with Gasteiger partial charge in [0.2, 0.25) is 16.0 Å². The van der Waals surface area contributed by atoms with E-state index in [9.17, 15) is 8.42 Å². The van der Waals surface area contributed by atoms with Gasteiger partial charge in [-0.05, 0) is 71.0 Å². The summed E-state index contributed by atoms with van der Waals surface area (Å²) in [4.78, 5) is 0.861. The van der Waals surface area contributed by atoms with Gasteiger partial charge in [-0.2, -0.15) is 11.8 Å². The van der Waals surface area contributed by atoms with Gasteiger partial charge < -0.3 is 4.74 Å². The van der Waals surface area contributed by atoms with Crippen LogP contribution in [0.25, 0.3) is 22.0 Å². The first-order valence-electron chi connectivity index (χ1n) is 11.6. The van der Waals surface area contributed by atoms with Crippen LogP contribution in [0.4, 0.5) is 5.95 Å². The minimum absolute atomic E-state index is 0.114. The van der Waals surface area contributed by atoms with Crippen LogP contribution in [0.3, 0.4) is 0 Å². The summed E-state index contributed by atoms with van der Waals surface area (Å²) in [5.41, 5.74) is 3.88. The lowest BCUT2D eigenvalue weighted by Crippen LogP contribution is -2.21. The van der Waals surface area contributed by atoms with E-state index < -0.39 is 10.0 Å². The van der Waals surface area contributed by atoms with Crippen LogP contribution in [0.2, 0.25) is 5.02 Å². The molecule has 0 saturated heterocycles. The zero-order chi connectivity index (χ0) is 25.8. The van der Waals surface area contributed by atoms with Crippen molar-refractivity contribution in [1.29, 1.82) is 0 Å². The van der Waals surface area contributed by atoms with Gasteiger partial charge in [0.25, 0.3) is 0 Å². The number of anilines is 1. The molecular formula is C26H25ClN4O3S3. The first-order valence-corrected chi connectivity index (χ1v) is 15.7. The summed E-state index contributed by atoms with van der Waals surface area (Å²) in [6, 6.07) is 17.0. The van der Waals surface area contributed by atoms with Gasteiger partial charge in [0.1, 0.15) is 5.75 Å². The summed E-state index contributed by atoms with van der Waals surface area (Å²) in [5.74, 6) is 3.17. The predicted octanol–water partition coefficient (Wildman–Crippen LogP) is 6.16. The average Bonchev–Trinajstić information content (AvgIpc) is 3.58. The quantitative estimate of drug-likeness (QED) is 0.258. The van der Waals surface area contributed by atoms with E-state index in [-0.39, 0.29) is 11.7 Å². The fourth-order valence-electron chi connectivity index (χ4n) is 4.09. The molecule has 0 unspecified atom stereocenters. The summed E-state index contributed by atoms with van der Waals surface area (Å²) >= 11 is 9.36. The van der Waals surface area contributed by atoms with E-state index in [0.29, 0.717) is 28.7 Å². The van der Waals surface area contributed by atoms with Crippen molar-refractivity contribution in [2.24, 2.45) is 0 Å². The van der Waals surface area contributed by atoms with Gasteiger partial charge in [-0.3, -0.25) is 9.29 Å². The van der Waals surface area contributed by atoms with Crippen LogP contribution in [0.1, 0.15) is 17.5 Å². The number of ether oxygens (including phenoxy) is 1. The minimum Gasteiger partial charge on any atom is -0.495 e. The predicted molar refractivity (Wildman–Crippen MR) is 154 cm³/mol. The normalized spacial score (nSPS) is 13.8. The number of halogens is 1. The highest BCUT2D eigenvalue weighted by atomic mass is 35.5. The number of hydrogen-bond acceptors (Lipinski definition) is 7. The zero-order valence-corrected chi connectivity index (χ0v) is 23.3. The van der Waals surface area contributed by atoms with Gasteiger partial charge in [0.15, 0.2) is 5.82 Å². The monoisotopic (exact) mass is 572 g/mol. The van der Waals surface area contributed by atoms with Crippen LogP contribution in [0.15, 0.2) is 66.1 Å². The van der Waals surface area contributed by atoms with Gasteiger partial charge in [0, 0.05) is 10.8 Å². The number of nitrogens with one attached hydrogen (secondary N) is 1. The largest absolute Gasteiger partial charge is 0.495 e. The molecule has 0 amide bonds. The molecule has 2 aromatic carbocycles. The van der Waals surface area contributed by atoms with Crippen LogP contribution in [0.5, 0.6) is 5.75 Å². The van der Waals surface area contributed by atoms with Crippen LogP contribution in [-0.2, 0) is 16.4 Å². The smallest absolute Gasteiger partial charge is 0.243 e. The molecule has 7 nitrogen and oxygen atoms in total. The van der Waals surface area contributed by atoms with Gasteiger partial charge in [-0.1, -0.05) is 41.9 Å². The van der Waals surface area contributed by atoms with E-state index in [1.807, 2.05) is 59.6 Å². The number of methoxy groups -OCH3 is 1. The van der Waals surface area contributed by atoms with Crippen LogP contribution in [-0.4, -0.2) is 47.6 Å². The molecule has 37 heavy (non-hydrogen) atoms. The molecule has 11 heteroatoms. The Morgan fingerprint density at radius 2 is 1.97 bits per heavy atom. The molecule has 0 atom stereocenters. The third-order valence-corrected chi connectivity index (χ3v) is 9.23. The van der Waals surface area contributed by atoms with Gasteiger partial charge in [-0.25, -0.2) is 8.42 Å². The minimum atomic E-state index is -3.74. The fourth-order valence-corrected chi connectivity index (χ4v) is 6.78. The number of thiophene rings is 1. The van der Waals surface area contributed by atoms with Crippen molar-refractivity contribution in [3.05, 3.63) is 82.2 Å². The molecule has 1 N–H and O–H groups in total. The number of aromatic nitrogens is 3. The molecule has 2 aromatic heterocycles. The van der Waals surface area contributed by atoms with E-state index in [1.165, 1.54) is 16.9 Å². The average molecular weight is 573 g/mol. The van der Waals surface area contributed by atoms with Crippen LogP contribution >= 0.6 is 34.7 Å². The number of benzene rings is 2. The van der Waals surface area contributed by atoms with Crippen molar-refractivity contribution in [1.82, 2.24) is 14.8 Å². The Bertz CT molecular complexity index is 1520. The summed E-state index contributed by atoms with van der Waals surface area (Å²) < 4.78 is 36.4. The Balaban J connectivity index is 1.53. The zero-order valence-electron chi connectivity index (χ0n) is 20.1. The lowest BCUT2D eigenvalue weighted by Gasteiger charge is -2.18. The second kappa shape index (κ2) is 11.3. The molecule has 1 aliphatic rings. The van der Waals surface area contributed by atoms with Crippen LogP contribution in [0, 0.1) is 0 Å². The van der Waals surface area contributed by atoms with E-state index in [2.05, 4.69) is 21.0 Å². The molecule has 1 aliphatic heterocycles. The van der Waals surface area contributed by atoms with Gasteiger partial charge in [-0.15, -0.1) is 21.5 Å². The van der Waals surface area contributed by atoms with E-state index in [4.69, 9.17) is 16.3 Å². The molecule has 0 fully saturated rings. The maximum absolute atomic E-state index is 13.1. The van der Waals surface area contributed by atoms with Crippen LogP contribution < -0.4 is 9.46 Å². The SMILES string of the molecule is COc1ccc(C2=CCSCC2)cc1-n1c(NS(=O)(=O)CCc2ccc(Cl)cc2)nnc1-c1cccs1. The maximum Gasteiger partial charge on any atom is 0.243 e. The molecule has 192 valence electrons. The van der Waals surface area contributed by atoms with E-state index in [1.54, 1.807) is 23.8 Å². The number of aryl methyl sites for hydroxylation is 1. The number of sulfonamides is 1. The standard InChI is InChI=1S/C26H25ClN4O3S3/c1-34-23-9-6-20(19-10-14-35-15-11-19)17-22(23)31-25(24-3-2-13-36-24)28-29-26(31)30-37(32,33)16-12-18-4-7-21(27)8-5-18/h2-10,13,17H,11-12,14-16H2,1H3,(H,29,30). The molecule has 4 aromatic rings. The molecule has 0 aliphatic carbocycles. The fraction of sp³-hybridized carbons (Fsp3) is 0.231. The van der Waals surface area contributed by atoms with Crippen molar-refractivity contribution in [3.8, 4) is 22.1 Å². The van der Waals surface area contributed by atoms with Gasteiger partial charge in [0.05, 0.1) is 23.4 Å². The number of allylic oxidation sites excluding steroid dienone is 1. The summed E-state index contributed by atoms with van der Waals surface area (Å²) in [7, 11) is -2.14. The lowest BCUT2D eigenvalue weighted by atomic mass is 10.0. The van der Waals surface area contributed by atoms with E-state index in [0.717, 1.165) is 33.9 Å². The summed E-state index contributed by atoms with van der Waals surface area (Å²) in [6.45, 7) is 0. The number of nitrogens with zero attached hydrogens (tertiary/aromatic N) is 3.